The molecule has 1 aliphatic heterocycles. The zero-order valence-electron chi connectivity index (χ0n) is 11.7. The molecule has 2 N–H and O–H groups in total. The Labute approximate surface area is 128 Å². The Hall–Kier alpha value is -1.91. The number of rotatable bonds is 2. The van der Waals surface area contributed by atoms with Crippen LogP contribution in [0.1, 0.15) is 16.7 Å². The van der Waals surface area contributed by atoms with E-state index in [0.717, 1.165) is 5.56 Å². The molecule has 0 aliphatic carbocycles. The van der Waals surface area contributed by atoms with Crippen molar-refractivity contribution in [3.05, 3.63) is 58.4 Å². The van der Waals surface area contributed by atoms with Crippen molar-refractivity contribution in [2.75, 3.05) is 5.32 Å². The molecule has 0 saturated heterocycles. The number of fused-ring (bicyclic) bond motifs is 1. The number of benzene rings is 1. The number of aryl methyl sites for hydroxylation is 1. The smallest absolute Gasteiger partial charge is 0.241 e. The third-order valence-electron chi connectivity index (χ3n) is 3.68. The fourth-order valence-electron chi connectivity index (χ4n) is 2.50. The van der Waals surface area contributed by atoms with Crippen molar-refractivity contribution in [2.45, 2.75) is 25.9 Å². The summed E-state index contributed by atoms with van der Waals surface area (Å²) < 4.78 is 0. The van der Waals surface area contributed by atoms with Gasteiger partial charge >= 0.3 is 0 Å². The van der Waals surface area contributed by atoms with Crippen LogP contribution in [0.5, 0.6) is 0 Å². The lowest BCUT2D eigenvalue weighted by atomic mass is 9.95. The predicted octanol–water partition coefficient (Wildman–Crippen LogP) is 2.70. The number of anilines is 1. The van der Waals surface area contributed by atoms with Crippen molar-refractivity contribution in [1.29, 1.82) is 0 Å². The molecule has 1 aromatic heterocycles. The average Bonchev–Trinajstić information content (AvgIpc) is 2.50. The Morgan fingerprint density at radius 2 is 2.14 bits per heavy atom. The number of amides is 1. The van der Waals surface area contributed by atoms with Crippen LogP contribution in [0.4, 0.5) is 5.69 Å². The first-order chi connectivity index (χ1) is 10.1. The van der Waals surface area contributed by atoms with Crippen LogP contribution in [-0.2, 0) is 17.8 Å². The van der Waals surface area contributed by atoms with Crippen LogP contribution in [-0.4, -0.2) is 16.9 Å². The second kappa shape index (κ2) is 5.84. The summed E-state index contributed by atoms with van der Waals surface area (Å²) in [4.78, 5) is 16.4. The Balaban J connectivity index is 1.70. The van der Waals surface area contributed by atoms with Crippen molar-refractivity contribution in [3.8, 4) is 0 Å². The second-order valence-corrected chi connectivity index (χ2v) is 5.59. The molecule has 3 rings (SSSR count). The summed E-state index contributed by atoms with van der Waals surface area (Å²) in [7, 11) is 0. The van der Waals surface area contributed by atoms with E-state index in [4.69, 9.17) is 11.6 Å². The van der Waals surface area contributed by atoms with Gasteiger partial charge in [0.1, 0.15) is 5.15 Å². The Kier molecular flexibility index (Phi) is 3.90. The van der Waals surface area contributed by atoms with E-state index in [1.54, 1.807) is 6.20 Å². The minimum atomic E-state index is -0.226. The third kappa shape index (κ3) is 3.06. The lowest BCUT2D eigenvalue weighted by molar-refractivity contribution is -0.118. The van der Waals surface area contributed by atoms with E-state index in [-0.39, 0.29) is 11.9 Å². The number of hydrogen-bond acceptors (Lipinski definition) is 3. The molecule has 0 spiro atoms. The van der Waals surface area contributed by atoms with Gasteiger partial charge in [0.05, 0.1) is 17.9 Å². The zero-order chi connectivity index (χ0) is 14.8. The first-order valence-corrected chi connectivity index (χ1v) is 7.24. The molecule has 0 bridgehead atoms. The van der Waals surface area contributed by atoms with E-state index in [1.807, 2.05) is 25.1 Å². The normalized spacial score (nSPS) is 17.1. The van der Waals surface area contributed by atoms with Gasteiger partial charge in [-0.3, -0.25) is 4.79 Å². The minimum absolute atomic E-state index is 0.0481. The molecule has 2 heterocycles. The molecule has 4 nitrogen and oxygen atoms in total. The van der Waals surface area contributed by atoms with Gasteiger partial charge in [0.2, 0.25) is 5.91 Å². The number of nitrogens with zero attached hydrogens (tertiary/aromatic N) is 1. The molecule has 1 atom stereocenters. The number of aromatic nitrogens is 1. The Morgan fingerprint density at radius 1 is 1.38 bits per heavy atom. The molecule has 0 saturated carbocycles. The maximum atomic E-state index is 12.3. The molecule has 0 fully saturated rings. The average molecular weight is 302 g/mol. The third-order valence-corrected chi connectivity index (χ3v) is 4.08. The summed E-state index contributed by atoms with van der Waals surface area (Å²) in [5.41, 5.74) is 3.99. The van der Waals surface area contributed by atoms with E-state index in [0.29, 0.717) is 23.8 Å². The van der Waals surface area contributed by atoms with Gasteiger partial charge in [-0.15, -0.1) is 0 Å². The number of nitrogens with one attached hydrogen (secondary N) is 2. The van der Waals surface area contributed by atoms with Gasteiger partial charge in [0.25, 0.3) is 0 Å². The summed E-state index contributed by atoms with van der Waals surface area (Å²) in [6, 6.07) is 9.78. The van der Waals surface area contributed by atoms with Crippen LogP contribution >= 0.6 is 11.6 Å². The van der Waals surface area contributed by atoms with Crippen LogP contribution in [0.2, 0.25) is 5.15 Å². The lowest BCUT2D eigenvalue weighted by Crippen LogP contribution is -2.44. The molecule has 1 amide bonds. The zero-order valence-corrected chi connectivity index (χ0v) is 12.4. The molecule has 1 aliphatic rings. The van der Waals surface area contributed by atoms with E-state index in [1.165, 1.54) is 11.1 Å². The second-order valence-electron chi connectivity index (χ2n) is 5.23. The molecular formula is C16H16ClN3O. The Bertz CT molecular complexity index is 687. The highest BCUT2D eigenvalue weighted by Crippen LogP contribution is 2.19. The van der Waals surface area contributed by atoms with Crippen LogP contribution in [0.25, 0.3) is 0 Å². The van der Waals surface area contributed by atoms with Gasteiger partial charge in [-0.05, 0) is 36.1 Å². The number of hydrogen-bond donors (Lipinski definition) is 2. The highest BCUT2D eigenvalue weighted by atomic mass is 35.5. The minimum Gasteiger partial charge on any atom is -0.323 e. The number of carbonyl (C=O) groups is 1. The van der Waals surface area contributed by atoms with Crippen LogP contribution < -0.4 is 10.6 Å². The van der Waals surface area contributed by atoms with Crippen molar-refractivity contribution in [1.82, 2.24) is 10.3 Å². The maximum Gasteiger partial charge on any atom is 0.241 e. The van der Waals surface area contributed by atoms with Gasteiger partial charge < -0.3 is 10.6 Å². The van der Waals surface area contributed by atoms with E-state index < -0.39 is 0 Å². The first kappa shape index (κ1) is 14.0. The van der Waals surface area contributed by atoms with Crippen LogP contribution in [0, 0.1) is 6.92 Å². The van der Waals surface area contributed by atoms with Gasteiger partial charge in [0, 0.05) is 6.54 Å². The topological polar surface area (TPSA) is 54.0 Å². The fraction of sp³-hybridized carbons (Fsp3) is 0.250. The van der Waals surface area contributed by atoms with Crippen LogP contribution in [0.3, 0.4) is 0 Å². The van der Waals surface area contributed by atoms with E-state index in [9.17, 15) is 4.79 Å². The predicted molar refractivity (Wildman–Crippen MR) is 83.4 cm³/mol. The number of halogens is 1. The van der Waals surface area contributed by atoms with Crippen molar-refractivity contribution < 1.29 is 4.79 Å². The van der Waals surface area contributed by atoms with Gasteiger partial charge in [-0.25, -0.2) is 4.98 Å². The highest BCUT2D eigenvalue weighted by Gasteiger charge is 2.23. The molecular weight excluding hydrogens is 286 g/mol. The summed E-state index contributed by atoms with van der Waals surface area (Å²) >= 11 is 5.89. The fourth-order valence-corrected chi connectivity index (χ4v) is 2.60. The Morgan fingerprint density at radius 3 is 2.90 bits per heavy atom. The summed E-state index contributed by atoms with van der Waals surface area (Å²) in [6.45, 7) is 2.58. The summed E-state index contributed by atoms with van der Waals surface area (Å²) in [5, 5.41) is 6.61. The largest absolute Gasteiger partial charge is 0.323 e. The quantitative estimate of drug-likeness (QED) is 0.839. The molecule has 0 radical (unpaired) electrons. The summed E-state index contributed by atoms with van der Waals surface area (Å²) in [6.07, 6.45) is 2.27. The first-order valence-electron chi connectivity index (χ1n) is 6.86. The lowest BCUT2D eigenvalue weighted by Gasteiger charge is -2.25. The maximum absolute atomic E-state index is 12.3. The number of pyridine rings is 1. The van der Waals surface area contributed by atoms with E-state index >= 15 is 0 Å². The van der Waals surface area contributed by atoms with Crippen molar-refractivity contribution >= 4 is 23.2 Å². The van der Waals surface area contributed by atoms with Gasteiger partial charge in [0.15, 0.2) is 0 Å². The van der Waals surface area contributed by atoms with Crippen molar-refractivity contribution in [3.63, 3.8) is 0 Å². The molecule has 21 heavy (non-hydrogen) atoms. The molecule has 108 valence electrons. The number of carbonyl (C=O) groups excluding carboxylic acids is 1. The van der Waals surface area contributed by atoms with Gasteiger partial charge in [-0.2, -0.15) is 0 Å². The molecule has 0 unspecified atom stereocenters. The SMILES string of the molecule is Cc1cc(NC(=O)[C@@H]2Cc3ccccc3CN2)cnc1Cl. The van der Waals surface area contributed by atoms with Crippen LogP contribution in [0.15, 0.2) is 36.5 Å². The van der Waals surface area contributed by atoms with E-state index in [2.05, 4.69) is 27.8 Å². The molecule has 1 aromatic carbocycles. The van der Waals surface area contributed by atoms with Gasteiger partial charge in [-0.1, -0.05) is 35.9 Å². The monoisotopic (exact) mass is 301 g/mol. The molecule has 5 heteroatoms. The van der Waals surface area contributed by atoms with Crippen molar-refractivity contribution in [2.24, 2.45) is 0 Å². The standard InChI is InChI=1S/C16H16ClN3O/c1-10-6-13(9-19-15(10)17)20-16(21)14-7-11-4-2-3-5-12(11)8-18-14/h2-6,9,14,18H,7-8H2,1H3,(H,20,21)/t14-/m0/s1. The summed E-state index contributed by atoms with van der Waals surface area (Å²) in [5.74, 6) is -0.0481. The highest BCUT2D eigenvalue weighted by molar-refractivity contribution is 6.30. The molecule has 2 aromatic rings.